The highest BCUT2D eigenvalue weighted by molar-refractivity contribution is 7.99. The number of nitrogens with zero attached hydrogens (tertiary/aromatic N) is 3. The molecule has 1 aliphatic heterocycles. The lowest BCUT2D eigenvalue weighted by molar-refractivity contribution is -0.113. The minimum Gasteiger partial charge on any atom is -0.454 e. The molecule has 0 saturated carbocycles. The predicted octanol–water partition coefficient (Wildman–Crippen LogP) is 3.91. The highest BCUT2D eigenvalue weighted by atomic mass is 32.2. The molecule has 3 heterocycles. The summed E-state index contributed by atoms with van der Waals surface area (Å²) in [5, 5.41) is 13.4. The number of fused-ring (bicyclic) bond motifs is 2. The number of carbonyl (C=O) groups excluding carboxylic acids is 1. The second-order valence-corrected chi connectivity index (χ2v) is 7.65. The maximum atomic E-state index is 12.4. The van der Waals surface area contributed by atoms with Crippen molar-refractivity contribution in [2.24, 2.45) is 0 Å². The number of aromatic amines is 1. The van der Waals surface area contributed by atoms with Gasteiger partial charge in [-0.15, -0.1) is 10.2 Å². The lowest BCUT2D eigenvalue weighted by atomic mass is 10.1. The van der Waals surface area contributed by atoms with E-state index in [1.54, 1.807) is 18.2 Å². The number of hydrogen-bond donors (Lipinski definition) is 2. The maximum absolute atomic E-state index is 12.4. The third-order valence-electron chi connectivity index (χ3n) is 4.85. The average molecular weight is 421 g/mol. The van der Waals surface area contributed by atoms with Gasteiger partial charge in [0.2, 0.25) is 12.7 Å². The highest BCUT2D eigenvalue weighted by Crippen LogP contribution is 2.34. The van der Waals surface area contributed by atoms with Crippen molar-refractivity contribution in [2.75, 3.05) is 17.9 Å². The summed E-state index contributed by atoms with van der Waals surface area (Å²) >= 11 is 1.36. The molecule has 5 rings (SSSR count). The van der Waals surface area contributed by atoms with Crippen molar-refractivity contribution in [1.82, 2.24) is 19.7 Å². The number of ether oxygens (including phenoxy) is 2. The van der Waals surface area contributed by atoms with Gasteiger partial charge in [-0.3, -0.25) is 4.79 Å². The monoisotopic (exact) mass is 421 g/mol. The van der Waals surface area contributed by atoms with E-state index in [2.05, 4.69) is 26.6 Å². The van der Waals surface area contributed by atoms with Gasteiger partial charge in [-0.05, 0) is 25.1 Å². The summed E-state index contributed by atoms with van der Waals surface area (Å²) in [4.78, 5) is 15.7. The molecule has 0 bridgehead atoms. The first-order chi connectivity index (χ1) is 14.7. The first-order valence-electron chi connectivity index (χ1n) is 9.55. The second-order valence-electron chi connectivity index (χ2n) is 6.70. The van der Waals surface area contributed by atoms with E-state index in [1.165, 1.54) is 11.8 Å². The van der Waals surface area contributed by atoms with Crippen LogP contribution >= 0.6 is 11.8 Å². The van der Waals surface area contributed by atoms with E-state index in [0.717, 1.165) is 22.3 Å². The molecule has 2 aromatic heterocycles. The molecule has 8 nitrogen and oxygen atoms in total. The van der Waals surface area contributed by atoms with Gasteiger partial charge >= 0.3 is 0 Å². The van der Waals surface area contributed by atoms with Gasteiger partial charge in [0.05, 0.1) is 5.75 Å². The van der Waals surface area contributed by atoms with E-state index in [1.807, 2.05) is 35.9 Å². The molecular weight excluding hydrogens is 402 g/mol. The molecular formula is C21H19N5O3S. The molecule has 0 unspecified atom stereocenters. The molecule has 9 heteroatoms. The Balaban J connectivity index is 1.30. The number of rotatable bonds is 6. The number of benzene rings is 2. The summed E-state index contributed by atoms with van der Waals surface area (Å²) in [5.74, 6) is 2.20. The smallest absolute Gasteiger partial charge is 0.234 e. The summed E-state index contributed by atoms with van der Waals surface area (Å²) in [7, 11) is 0. The zero-order valence-electron chi connectivity index (χ0n) is 16.2. The minimum atomic E-state index is -0.127. The number of H-pyrrole nitrogens is 1. The number of anilines is 1. The Morgan fingerprint density at radius 2 is 2.07 bits per heavy atom. The Labute approximate surface area is 176 Å². The van der Waals surface area contributed by atoms with Crippen LogP contribution in [-0.2, 0) is 11.3 Å². The van der Waals surface area contributed by atoms with E-state index in [9.17, 15) is 4.79 Å². The van der Waals surface area contributed by atoms with Crippen LogP contribution in [-0.4, -0.2) is 38.2 Å². The highest BCUT2D eigenvalue weighted by Gasteiger charge is 2.18. The van der Waals surface area contributed by atoms with Crippen molar-refractivity contribution in [3.8, 4) is 22.9 Å². The van der Waals surface area contributed by atoms with Gasteiger partial charge in [0.1, 0.15) is 0 Å². The van der Waals surface area contributed by atoms with Gasteiger partial charge in [0.25, 0.3) is 0 Å². The van der Waals surface area contributed by atoms with Crippen LogP contribution in [0.4, 0.5) is 5.69 Å². The number of nitrogens with one attached hydrogen (secondary N) is 2. The standard InChI is InChI=1S/C21H19N5O3S/c1-2-26-20(15-10-22-16-6-4-3-5-14(15)16)24-25-21(26)30-11-19(27)23-13-7-8-17-18(9-13)29-12-28-17/h3-10,22H,2,11-12H2,1H3,(H,23,27). The number of aromatic nitrogens is 4. The lowest BCUT2D eigenvalue weighted by Gasteiger charge is -2.08. The van der Waals surface area contributed by atoms with Crippen molar-refractivity contribution in [3.05, 3.63) is 48.7 Å². The van der Waals surface area contributed by atoms with Crippen LogP contribution in [0.5, 0.6) is 11.5 Å². The normalized spacial score (nSPS) is 12.4. The van der Waals surface area contributed by atoms with Crippen LogP contribution in [0.25, 0.3) is 22.3 Å². The topological polar surface area (TPSA) is 94.1 Å². The number of para-hydroxylation sites is 1. The summed E-state index contributed by atoms with van der Waals surface area (Å²) in [6, 6.07) is 13.4. The van der Waals surface area contributed by atoms with Gasteiger partial charge in [-0.25, -0.2) is 0 Å². The fraction of sp³-hybridized carbons (Fsp3) is 0.190. The largest absolute Gasteiger partial charge is 0.454 e. The molecule has 152 valence electrons. The Kier molecular flexibility index (Phi) is 4.80. The summed E-state index contributed by atoms with van der Waals surface area (Å²) in [6.07, 6.45) is 1.95. The van der Waals surface area contributed by atoms with Gasteiger partial charge < -0.3 is 24.3 Å². The summed E-state index contributed by atoms with van der Waals surface area (Å²) in [5.41, 5.74) is 2.72. The maximum Gasteiger partial charge on any atom is 0.234 e. The van der Waals surface area contributed by atoms with Crippen molar-refractivity contribution in [3.63, 3.8) is 0 Å². The van der Waals surface area contributed by atoms with Crippen molar-refractivity contribution < 1.29 is 14.3 Å². The molecule has 0 fully saturated rings. The van der Waals surface area contributed by atoms with Crippen molar-refractivity contribution >= 4 is 34.3 Å². The fourth-order valence-corrected chi connectivity index (χ4v) is 4.24. The average Bonchev–Trinajstić information content (AvgIpc) is 3.49. The Morgan fingerprint density at radius 1 is 1.20 bits per heavy atom. The van der Waals surface area contributed by atoms with E-state index in [0.29, 0.717) is 28.9 Å². The molecule has 0 atom stereocenters. The zero-order valence-corrected chi connectivity index (χ0v) is 17.0. The van der Waals surface area contributed by atoms with E-state index in [4.69, 9.17) is 9.47 Å². The second kappa shape index (κ2) is 7.75. The van der Waals surface area contributed by atoms with Crippen LogP contribution < -0.4 is 14.8 Å². The SMILES string of the molecule is CCn1c(SCC(=O)Nc2ccc3c(c2)OCO3)nnc1-c1c[nH]c2ccccc12. The van der Waals surface area contributed by atoms with Crippen molar-refractivity contribution in [1.29, 1.82) is 0 Å². The molecule has 4 aromatic rings. The van der Waals surface area contributed by atoms with Crippen LogP contribution in [0.2, 0.25) is 0 Å². The molecule has 0 radical (unpaired) electrons. The number of hydrogen-bond acceptors (Lipinski definition) is 6. The third-order valence-corrected chi connectivity index (χ3v) is 5.82. The molecule has 2 N–H and O–H groups in total. The molecule has 1 amide bonds. The predicted molar refractivity (Wildman–Crippen MR) is 115 cm³/mol. The van der Waals surface area contributed by atoms with Gasteiger partial charge in [-0.2, -0.15) is 0 Å². The third kappa shape index (κ3) is 3.37. The van der Waals surface area contributed by atoms with E-state index >= 15 is 0 Å². The van der Waals surface area contributed by atoms with Crippen LogP contribution in [0.15, 0.2) is 53.8 Å². The zero-order chi connectivity index (χ0) is 20.5. The Morgan fingerprint density at radius 3 is 2.97 bits per heavy atom. The minimum absolute atomic E-state index is 0.127. The van der Waals surface area contributed by atoms with E-state index < -0.39 is 0 Å². The first-order valence-corrected chi connectivity index (χ1v) is 10.5. The fourth-order valence-electron chi connectivity index (χ4n) is 3.44. The quantitative estimate of drug-likeness (QED) is 0.459. The lowest BCUT2D eigenvalue weighted by Crippen LogP contribution is -2.14. The molecule has 0 aliphatic carbocycles. The van der Waals surface area contributed by atoms with E-state index in [-0.39, 0.29) is 18.5 Å². The van der Waals surface area contributed by atoms with Crippen LogP contribution in [0.1, 0.15) is 6.92 Å². The van der Waals surface area contributed by atoms with Gasteiger partial charge in [0.15, 0.2) is 22.5 Å². The van der Waals surface area contributed by atoms with Gasteiger partial charge in [-0.1, -0.05) is 30.0 Å². The van der Waals surface area contributed by atoms with Crippen molar-refractivity contribution in [2.45, 2.75) is 18.6 Å². The molecule has 0 spiro atoms. The number of carbonyl (C=O) groups is 1. The number of thioether (sulfide) groups is 1. The molecule has 0 saturated heterocycles. The number of amides is 1. The Hall–Kier alpha value is -3.46. The van der Waals surface area contributed by atoms with Crippen LogP contribution in [0, 0.1) is 0 Å². The van der Waals surface area contributed by atoms with Gasteiger partial charge in [0, 0.05) is 41.0 Å². The Bertz CT molecular complexity index is 1230. The van der Waals surface area contributed by atoms with Crippen LogP contribution in [0.3, 0.4) is 0 Å². The molecule has 1 aliphatic rings. The molecule has 2 aromatic carbocycles. The molecule has 30 heavy (non-hydrogen) atoms. The summed E-state index contributed by atoms with van der Waals surface area (Å²) in [6.45, 7) is 2.94. The summed E-state index contributed by atoms with van der Waals surface area (Å²) < 4.78 is 12.7. The first kappa shape index (κ1) is 18.6.